The van der Waals surface area contributed by atoms with Gasteiger partial charge in [0, 0.05) is 12.0 Å². The van der Waals surface area contributed by atoms with Gasteiger partial charge in [-0.2, -0.15) is 0 Å². The molecule has 0 heterocycles. The first-order valence-corrected chi connectivity index (χ1v) is 5.83. The summed E-state index contributed by atoms with van der Waals surface area (Å²) in [5.74, 6) is -1.22. The molecule has 1 saturated carbocycles. The van der Waals surface area contributed by atoms with Crippen LogP contribution in [0.4, 0.5) is 0 Å². The van der Waals surface area contributed by atoms with Gasteiger partial charge in [0.05, 0.1) is 0 Å². The normalized spacial score (nSPS) is 26.4. The summed E-state index contributed by atoms with van der Waals surface area (Å²) in [7, 11) is 0. The maximum atomic E-state index is 11.8. The number of carboxylic acid groups (broad SMARTS) is 1. The van der Waals surface area contributed by atoms with E-state index in [1.807, 2.05) is 6.92 Å². The van der Waals surface area contributed by atoms with Gasteiger partial charge in [0.1, 0.15) is 6.04 Å². The standard InChI is InChI=1S/C11H20N2O3/c1-2-3-9(11(15)16)13-10(14)7-4-5-8(12)6-7/h7-9H,2-6,12H2,1H3,(H,13,14)(H,15,16)/t7?,8?,9-/m1/s1. The maximum absolute atomic E-state index is 11.8. The molecule has 0 spiro atoms. The second kappa shape index (κ2) is 5.84. The molecule has 1 aliphatic rings. The summed E-state index contributed by atoms with van der Waals surface area (Å²) in [6.45, 7) is 1.90. The van der Waals surface area contributed by atoms with Gasteiger partial charge in [-0.3, -0.25) is 4.79 Å². The Balaban J connectivity index is 2.45. The lowest BCUT2D eigenvalue weighted by Crippen LogP contribution is -2.43. The molecule has 0 aliphatic heterocycles. The van der Waals surface area contributed by atoms with Gasteiger partial charge < -0.3 is 16.2 Å². The summed E-state index contributed by atoms with van der Waals surface area (Å²) in [6, 6.07) is -0.667. The van der Waals surface area contributed by atoms with Crippen LogP contribution >= 0.6 is 0 Å². The molecule has 2 unspecified atom stereocenters. The van der Waals surface area contributed by atoms with Crippen molar-refractivity contribution in [2.45, 2.75) is 51.1 Å². The van der Waals surface area contributed by atoms with Gasteiger partial charge in [0.25, 0.3) is 0 Å². The van der Waals surface area contributed by atoms with Gasteiger partial charge in [-0.15, -0.1) is 0 Å². The fraction of sp³-hybridized carbons (Fsp3) is 0.818. The molecule has 0 saturated heterocycles. The number of hydrogen-bond donors (Lipinski definition) is 3. The SMILES string of the molecule is CCC[C@@H](NC(=O)C1CCC(N)C1)C(=O)O. The van der Waals surface area contributed by atoms with Crippen molar-refractivity contribution < 1.29 is 14.7 Å². The predicted octanol–water partition coefficient (Wildman–Crippen LogP) is 0.483. The molecule has 0 radical (unpaired) electrons. The fourth-order valence-corrected chi connectivity index (χ4v) is 2.09. The number of rotatable bonds is 5. The Morgan fingerprint density at radius 1 is 1.50 bits per heavy atom. The topological polar surface area (TPSA) is 92.4 Å². The average Bonchev–Trinajstić information content (AvgIpc) is 2.64. The lowest BCUT2D eigenvalue weighted by atomic mass is 10.1. The minimum atomic E-state index is -0.961. The average molecular weight is 228 g/mol. The van der Waals surface area contributed by atoms with Crippen molar-refractivity contribution >= 4 is 11.9 Å². The number of aliphatic carboxylic acids is 1. The number of hydrogen-bond acceptors (Lipinski definition) is 3. The van der Waals surface area contributed by atoms with Crippen molar-refractivity contribution in [2.75, 3.05) is 0 Å². The zero-order valence-electron chi connectivity index (χ0n) is 9.61. The van der Waals surface area contributed by atoms with E-state index in [4.69, 9.17) is 10.8 Å². The Morgan fingerprint density at radius 2 is 2.19 bits per heavy atom. The van der Waals surface area contributed by atoms with Gasteiger partial charge in [-0.1, -0.05) is 13.3 Å². The van der Waals surface area contributed by atoms with Crippen LogP contribution in [0.25, 0.3) is 0 Å². The van der Waals surface area contributed by atoms with Gasteiger partial charge in [-0.25, -0.2) is 4.79 Å². The summed E-state index contributed by atoms with van der Waals surface area (Å²) in [5, 5.41) is 11.5. The molecule has 1 rings (SSSR count). The molecule has 5 nitrogen and oxygen atoms in total. The van der Waals surface area contributed by atoms with Crippen LogP contribution in [0.1, 0.15) is 39.0 Å². The van der Waals surface area contributed by atoms with Crippen LogP contribution < -0.4 is 11.1 Å². The molecule has 0 aromatic rings. The van der Waals surface area contributed by atoms with E-state index in [9.17, 15) is 9.59 Å². The summed E-state index contributed by atoms with van der Waals surface area (Å²) < 4.78 is 0. The van der Waals surface area contributed by atoms with E-state index in [0.717, 1.165) is 19.3 Å². The molecule has 5 heteroatoms. The Bertz CT molecular complexity index is 268. The number of carbonyl (C=O) groups excluding carboxylic acids is 1. The Hall–Kier alpha value is -1.10. The third-order valence-corrected chi connectivity index (χ3v) is 3.04. The van der Waals surface area contributed by atoms with E-state index in [-0.39, 0.29) is 17.9 Å². The van der Waals surface area contributed by atoms with Crippen LogP contribution in [0.15, 0.2) is 0 Å². The number of nitrogens with one attached hydrogen (secondary N) is 1. The Labute approximate surface area is 95.4 Å². The van der Waals surface area contributed by atoms with Crippen molar-refractivity contribution in [3.05, 3.63) is 0 Å². The lowest BCUT2D eigenvalue weighted by Gasteiger charge is -2.16. The first-order chi connectivity index (χ1) is 7.54. The first-order valence-electron chi connectivity index (χ1n) is 5.83. The fourth-order valence-electron chi connectivity index (χ4n) is 2.09. The summed E-state index contributed by atoms with van der Waals surface area (Å²) in [6.07, 6.45) is 3.50. The van der Waals surface area contributed by atoms with Crippen LogP contribution in [0.2, 0.25) is 0 Å². The zero-order chi connectivity index (χ0) is 12.1. The molecular weight excluding hydrogens is 208 g/mol. The number of amides is 1. The second-order valence-electron chi connectivity index (χ2n) is 4.46. The van der Waals surface area contributed by atoms with E-state index >= 15 is 0 Å². The number of carbonyl (C=O) groups is 2. The minimum absolute atomic E-state index is 0.0882. The third kappa shape index (κ3) is 3.48. The highest BCUT2D eigenvalue weighted by molar-refractivity contribution is 5.85. The minimum Gasteiger partial charge on any atom is -0.480 e. The van der Waals surface area contributed by atoms with Crippen LogP contribution in [0.3, 0.4) is 0 Å². The first kappa shape index (κ1) is 13.0. The highest BCUT2D eigenvalue weighted by Gasteiger charge is 2.30. The molecule has 1 fully saturated rings. The summed E-state index contributed by atoms with van der Waals surface area (Å²) in [4.78, 5) is 22.6. The number of carboxylic acids is 1. The van der Waals surface area contributed by atoms with E-state index in [1.54, 1.807) is 0 Å². The predicted molar refractivity (Wildman–Crippen MR) is 59.8 cm³/mol. The lowest BCUT2D eigenvalue weighted by molar-refractivity contribution is -0.142. The van der Waals surface area contributed by atoms with E-state index < -0.39 is 12.0 Å². The van der Waals surface area contributed by atoms with Gasteiger partial charge in [0.15, 0.2) is 0 Å². The summed E-state index contributed by atoms with van der Waals surface area (Å²) in [5.41, 5.74) is 5.72. The number of nitrogens with two attached hydrogens (primary N) is 1. The Morgan fingerprint density at radius 3 is 2.62 bits per heavy atom. The molecule has 4 N–H and O–H groups in total. The molecule has 92 valence electrons. The van der Waals surface area contributed by atoms with Crippen molar-refractivity contribution in [1.82, 2.24) is 5.32 Å². The smallest absolute Gasteiger partial charge is 0.326 e. The second-order valence-corrected chi connectivity index (χ2v) is 4.46. The molecule has 3 atom stereocenters. The summed E-state index contributed by atoms with van der Waals surface area (Å²) >= 11 is 0. The van der Waals surface area contributed by atoms with Crippen molar-refractivity contribution in [3.8, 4) is 0 Å². The van der Waals surface area contributed by atoms with Crippen LogP contribution in [0.5, 0.6) is 0 Å². The third-order valence-electron chi connectivity index (χ3n) is 3.04. The highest BCUT2D eigenvalue weighted by atomic mass is 16.4. The Kier molecular flexibility index (Phi) is 4.73. The molecule has 0 bridgehead atoms. The monoisotopic (exact) mass is 228 g/mol. The largest absolute Gasteiger partial charge is 0.480 e. The van der Waals surface area contributed by atoms with Crippen LogP contribution in [-0.4, -0.2) is 29.1 Å². The van der Waals surface area contributed by atoms with Gasteiger partial charge in [0.2, 0.25) is 5.91 Å². The molecule has 0 aromatic heterocycles. The maximum Gasteiger partial charge on any atom is 0.326 e. The molecule has 1 aliphatic carbocycles. The quantitative estimate of drug-likeness (QED) is 0.638. The molecule has 16 heavy (non-hydrogen) atoms. The van der Waals surface area contributed by atoms with Crippen molar-refractivity contribution in [1.29, 1.82) is 0 Å². The van der Waals surface area contributed by atoms with E-state index in [1.165, 1.54) is 0 Å². The highest BCUT2D eigenvalue weighted by Crippen LogP contribution is 2.24. The molecular formula is C11H20N2O3. The van der Waals surface area contributed by atoms with Crippen LogP contribution in [0, 0.1) is 5.92 Å². The molecule has 1 amide bonds. The van der Waals surface area contributed by atoms with E-state index in [2.05, 4.69) is 5.32 Å². The van der Waals surface area contributed by atoms with Gasteiger partial charge in [-0.05, 0) is 25.7 Å². The van der Waals surface area contributed by atoms with Crippen molar-refractivity contribution in [3.63, 3.8) is 0 Å². The zero-order valence-corrected chi connectivity index (χ0v) is 9.61. The van der Waals surface area contributed by atoms with Crippen LogP contribution in [-0.2, 0) is 9.59 Å². The van der Waals surface area contributed by atoms with Gasteiger partial charge >= 0.3 is 5.97 Å². The van der Waals surface area contributed by atoms with E-state index in [0.29, 0.717) is 12.8 Å². The van der Waals surface area contributed by atoms with Crippen molar-refractivity contribution in [2.24, 2.45) is 11.7 Å². The molecule has 0 aromatic carbocycles.